The van der Waals surface area contributed by atoms with Crippen LogP contribution in [0.2, 0.25) is 0 Å². The molecule has 0 aromatic rings. The first kappa shape index (κ1) is 26.2. The molecule has 0 spiro atoms. The number of dihydropyridines is 1. The summed E-state index contributed by atoms with van der Waals surface area (Å²) in [6, 6.07) is -0.481. The number of carbonyl (C=O) groups excluding carboxylic acids is 2. The van der Waals surface area contributed by atoms with E-state index in [4.69, 9.17) is 0 Å². The van der Waals surface area contributed by atoms with Gasteiger partial charge >= 0.3 is 6.03 Å². The number of allylic oxidation sites excluding steroid dienone is 2. The first-order valence-corrected chi connectivity index (χ1v) is 11.0. The number of amides is 3. The third kappa shape index (κ3) is 7.50. The number of hydrogen-bond acceptors (Lipinski definition) is 3. The number of aliphatic imine (C=N–C) groups is 1. The van der Waals surface area contributed by atoms with Gasteiger partial charge in [0.05, 0.1) is 12.0 Å². The summed E-state index contributed by atoms with van der Waals surface area (Å²) in [5, 5.41) is 3.02. The monoisotopic (exact) mass is 467 g/mol. The van der Waals surface area contributed by atoms with Crippen molar-refractivity contribution in [2.75, 3.05) is 27.2 Å². The van der Waals surface area contributed by atoms with Crippen LogP contribution in [-0.2, 0) is 4.79 Å². The Bertz CT molecular complexity index is 819. The molecule has 3 amide bonds. The number of rotatable bonds is 8. The minimum absolute atomic E-state index is 0.0613. The maximum Gasteiger partial charge on any atom is 0.331 e. The summed E-state index contributed by atoms with van der Waals surface area (Å²) < 4.78 is 39.4. The first-order valence-electron chi connectivity index (χ1n) is 11.0. The van der Waals surface area contributed by atoms with Gasteiger partial charge in [-0.2, -0.15) is 4.99 Å². The highest BCUT2D eigenvalue weighted by Gasteiger charge is 2.32. The van der Waals surface area contributed by atoms with E-state index in [9.17, 15) is 22.8 Å². The van der Waals surface area contributed by atoms with Crippen LogP contribution in [0.25, 0.3) is 0 Å². The SMILES string of the molecule is CN(C(=O)N(CC(/C=C/F)C/C(F)=C/F)C(=NC=O)N(C)C1CCCCC1)C1=CNCC=C1. The third-order valence-electron chi connectivity index (χ3n) is 5.86. The van der Waals surface area contributed by atoms with Crippen molar-refractivity contribution in [3.05, 3.63) is 48.6 Å². The summed E-state index contributed by atoms with van der Waals surface area (Å²) in [4.78, 5) is 33.3. The lowest BCUT2D eigenvalue weighted by atomic mass is 9.94. The standard InChI is InChI=1S/C23H32F3N5O2/c1-29(20-7-4-3-5-8-20)22(28-17-32)31(16-18(10-11-24)13-19(26)14-25)23(33)30(2)21-9-6-12-27-15-21/h6,9-11,14-15,17-18,20,27H,3-5,7-8,12-13,16H2,1-2H3/b11-10+,19-14-,28-22?. The van der Waals surface area contributed by atoms with Crippen LogP contribution in [0.3, 0.4) is 0 Å². The Balaban J connectivity index is 2.42. The average molecular weight is 468 g/mol. The van der Waals surface area contributed by atoms with Gasteiger partial charge in [0.1, 0.15) is 12.2 Å². The average Bonchev–Trinajstić information content (AvgIpc) is 2.85. The summed E-state index contributed by atoms with van der Waals surface area (Å²) in [5.74, 6) is -1.87. The molecule has 10 heteroatoms. The largest absolute Gasteiger partial charge is 0.386 e. The highest BCUT2D eigenvalue weighted by molar-refractivity contribution is 5.99. The van der Waals surface area contributed by atoms with Crippen LogP contribution < -0.4 is 5.32 Å². The Morgan fingerprint density at radius 1 is 1.27 bits per heavy atom. The number of nitrogens with one attached hydrogen (secondary N) is 1. The molecule has 0 saturated heterocycles. The molecule has 1 saturated carbocycles. The van der Waals surface area contributed by atoms with Gasteiger partial charge in [-0.15, -0.1) is 0 Å². The molecule has 1 fully saturated rings. The van der Waals surface area contributed by atoms with E-state index in [-0.39, 0.29) is 31.2 Å². The van der Waals surface area contributed by atoms with Crippen LogP contribution in [0, 0.1) is 5.92 Å². The topological polar surface area (TPSA) is 68.2 Å². The summed E-state index contributed by atoms with van der Waals surface area (Å²) in [7, 11) is 3.31. The molecule has 1 heterocycles. The van der Waals surface area contributed by atoms with E-state index in [2.05, 4.69) is 10.3 Å². The molecule has 1 aliphatic heterocycles. The number of halogens is 3. The van der Waals surface area contributed by atoms with Gasteiger partial charge in [-0.3, -0.25) is 14.6 Å². The van der Waals surface area contributed by atoms with Crippen molar-refractivity contribution in [3.8, 4) is 0 Å². The molecule has 0 bridgehead atoms. The van der Waals surface area contributed by atoms with E-state index in [1.807, 2.05) is 6.08 Å². The lowest BCUT2D eigenvalue weighted by Crippen LogP contribution is -2.54. The Morgan fingerprint density at radius 2 is 2.00 bits per heavy atom. The van der Waals surface area contributed by atoms with Crippen LogP contribution >= 0.6 is 0 Å². The van der Waals surface area contributed by atoms with Gasteiger partial charge in [-0.05, 0) is 18.9 Å². The number of nitrogens with zero attached hydrogens (tertiary/aromatic N) is 4. The molecule has 1 atom stereocenters. The zero-order chi connectivity index (χ0) is 24.2. The van der Waals surface area contributed by atoms with Gasteiger partial charge in [0, 0.05) is 51.8 Å². The molecule has 7 nitrogen and oxygen atoms in total. The van der Waals surface area contributed by atoms with Crippen LogP contribution in [0.1, 0.15) is 38.5 Å². The second-order valence-electron chi connectivity index (χ2n) is 8.11. The normalized spacial score (nSPS) is 18.5. The summed E-state index contributed by atoms with van der Waals surface area (Å²) >= 11 is 0. The summed E-state index contributed by atoms with van der Waals surface area (Å²) in [5.41, 5.74) is 0.564. The maximum absolute atomic E-state index is 13.7. The maximum atomic E-state index is 13.7. The number of urea groups is 1. The van der Waals surface area contributed by atoms with Gasteiger partial charge in [0.2, 0.25) is 12.4 Å². The van der Waals surface area contributed by atoms with E-state index in [0.29, 0.717) is 18.7 Å². The van der Waals surface area contributed by atoms with Crippen molar-refractivity contribution < 1.29 is 22.8 Å². The van der Waals surface area contributed by atoms with Gasteiger partial charge in [-0.25, -0.2) is 18.0 Å². The van der Waals surface area contributed by atoms with Crippen LogP contribution in [0.5, 0.6) is 0 Å². The summed E-state index contributed by atoms with van der Waals surface area (Å²) in [6.07, 6.45) is 11.2. The Labute approximate surface area is 193 Å². The molecule has 0 aromatic heterocycles. The van der Waals surface area contributed by atoms with E-state index in [0.717, 1.165) is 38.2 Å². The smallest absolute Gasteiger partial charge is 0.331 e. The van der Waals surface area contributed by atoms with Crippen LogP contribution in [0.15, 0.2) is 53.6 Å². The van der Waals surface area contributed by atoms with Crippen molar-refractivity contribution in [2.45, 2.75) is 44.6 Å². The molecular weight excluding hydrogens is 435 g/mol. The number of likely N-dealkylation sites (N-methyl/N-ethyl adjacent to an activating group) is 1. The fourth-order valence-corrected chi connectivity index (χ4v) is 4.06. The molecule has 1 unspecified atom stereocenters. The zero-order valence-electron chi connectivity index (χ0n) is 19.1. The van der Waals surface area contributed by atoms with Crippen molar-refractivity contribution in [2.24, 2.45) is 10.9 Å². The molecule has 1 N–H and O–H groups in total. The zero-order valence-corrected chi connectivity index (χ0v) is 19.1. The second-order valence-corrected chi connectivity index (χ2v) is 8.11. The predicted molar refractivity (Wildman–Crippen MR) is 122 cm³/mol. The predicted octanol–water partition coefficient (Wildman–Crippen LogP) is 4.39. The Hall–Kier alpha value is -3.04. The second kappa shape index (κ2) is 13.5. The van der Waals surface area contributed by atoms with Gasteiger partial charge in [0.25, 0.3) is 0 Å². The lowest BCUT2D eigenvalue weighted by molar-refractivity contribution is -0.106. The minimum atomic E-state index is -1.07. The quantitative estimate of drug-likeness (QED) is 0.327. The number of carbonyl (C=O) groups is 2. The lowest BCUT2D eigenvalue weighted by Gasteiger charge is -2.39. The van der Waals surface area contributed by atoms with E-state index < -0.39 is 24.2 Å². The highest BCUT2D eigenvalue weighted by atomic mass is 19.2. The molecule has 182 valence electrons. The molecule has 0 radical (unpaired) electrons. The molecule has 0 aromatic carbocycles. The van der Waals surface area contributed by atoms with Gasteiger partial charge in [0.15, 0.2) is 0 Å². The molecule has 1 aliphatic carbocycles. The van der Waals surface area contributed by atoms with Crippen LogP contribution in [-0.4, -0.2) is 66.3 Å². The first-order chi connectivity index (χ1) is 15.9. The van der Waals surface area contributed by atoms with Crippen molar-refractivity contribution in [1.82, 2.24) is 20.0 Å². The number of guanidine groups is 1. The van der Waals surface area contributed by atoms with E-state index >= 15 is 0 Å². The van der Waals surface area contributed by atoms with Gasteiger partial charge < -0.3 is 10.2 Å². The van der Waals surface area contributed by atoms with Gasteiger partial charge in [-0.1, -0.05) is 31.4 Å². The van der Waals surface area contributed by atoms with Crippen molar-refractivity contribution in [3.63, 3.8) is 0 Å². The van der Waals surface area contributed by atoms with E-state index in [1.54, 1.807) is 31.3 Å². The summed E-state index contributed by atoms with van der Waals surface area (Å²) in [6.45, 7) is 0.411. The number of hydrogen-bond donors (Lipinski definition) is 1. The molecule has 2 rings (SSSR count). The van der Waals surface area contributed by atoms with Crippen molar-refractivity contribution >= 4 is 18.4 Å². The fraction of sp³-hybridized carbons (Fsp3) is 0.522. The van der Waals surface area contributed by atoms with Crippen molar-refractivity contribution in [1.29, 1.82) is 0 Å². The highest BCUT2D eigenvalue weighted by Crippen LogP contribution is 2.25. The molecular formula is C23H32F3N5O2. The molecule has 2 aliphatic rings. The molecule has 33 heavy (non-hydrogen) atoms. The fourth-order valence-electron chi connectivity index (χ4n) is 4.06. The Kier molecular flexibility index (Phi) is 10.7. The van der Waals surface area contributed by atoms with Crippen LogP contribution in [0.4, 0.5) is 18.0 Å². The third-order valence-corrected chi connectivity index (χ3v) is 5.86. The Morgan fingerprint density at radius 3 is 2.58 bits per heavy atom. The van der Waals surface area contributed by atoms with E-state index in [1.165, 1.54) is 9.80 Å². The minimum Gasteiger partial charge on any atom is -0.386 e.